The molecule has 4 rings (SSSR count). The summed E-state index contributed by atoms with van der Waals surface area (Å²) in [6.45, 7) is 4.68. The molecular weight excluding hydrogens is 372 g/mol. The normalized spacial score (nSPS) is 11.1. The van der Waals surface area contributed by atoms with E-state index in [1.165, 1.54) is 11.3 Å². The number of thiazole rings is 1. The summed E-state index contributed by atoms with van der Waals surface area (Å²) in [5.41, 5.74) is 5.30. The zero-order chi connectivity index (χ0) is 19.8. The lowest BCUT2D eigenvalue weighted by molar-refractivity contribution is 0.102. The van der Waals surface area contributed by atoms with Gasteiger partial charge in [0.25, 0.3) is 5.91 Å². The molecule has 2 aromatic carbocycles. The van der Waals surface area contributed by atoms with E-state index in [9.17, 15) is 9.59 Å². The number of carbonyl (C=O) groups is 1. The number of nitrogens with one attached hydrogen (secondary N) is 1. The third kappa shape index (κ3) is 3.48. The van der Waals surface area contributed by atoms with Crippen LogP contribution in [0, 0.1) is 13.8 Å². The highest BCUT2D eigenvalue weighted by Gasteiger charge is 2.10. The Morgan fingerprint density at radius 1 is 1.11 bits per heavy atom. The first-order valence-corrected chi connectivity index (χ1v) is 9.73. The van der Waals surface area contributed by atoms with E-state index < -0.39 is 0 Å². The van der Waals surface area contributed by atoms with Crippen molar-refractivity contribution in [3.63, 3.8) is 0 Å². The summed E-state index contributed by atoms with van der Waals surface area (Å²) in [6, 6.07) is 15.0. The van der Waals surface area contributed by atoms with Crippen molar-refractivity contribution in [3.05, 3.63) is 80.7 Å². The molecule has 0 unspecified atom stereocenters. The first kappa shape index (κ1) is 18.2. The molecule has 0 aliphatic rings. The van der Waals surface area contributed by atoms with Crippen LogP contribution in [0.5, 0.6) is 0 Å². The lowest BCUT2D eigenvalue weighted by atomic mass is 10.1. The number of aryl methyl sites for hydroxylation is 3. The summed E-state index contributed by atoms with van der Waals surface area (Å²) in [6.07, 6.45) is 0. The molecule has 0 aliphatic carbocycles. The number of carbonyl (C=O) groups excluding carboxylic acids is 1. The second-order valence-corrected chi connectivity index (χ2v) is 7.84. The molecule has 28 heavy (non-hydrogen) atoms. The number of hydrogen-bond donors (Lipinski definition) is 1. The Morgan fingerprint density at radius 3 is 2.54 bits per heavy atom. The number of fused-ring (bicyclic) bond motifs is 1. The Balaban J connectivity index is 1.49. The molecule has 142 valence electrons. The highest BCUT2D eigenvalue weighted by Crippen LogP contribution is 2.21. The lowest BCUT2D eigenvalue weighted by Crippen LogP contribution is -2.12. The molecule has 2 heterocycles. The maximum atomic E-state index is 12.6. The minimum absolute atomic E-state index is 0.0170. The van der Waals surface area contributed by atoms with Crippen LogP contribution in [0.4, 0.5) is 5.69 Å². The van der Waals surface area contributed by atoms with Crippen LogP contribution in [0.3, 0.4) is 0 Å². The summed E-state index contributed by atoms with van der Waals surface area (Å²) in [4.78, 5) is 24.3. The van der Waals surface area contributed by atoms with Crippen LogP contribution in [0.1, 0.15) is 27.3 Å². The van der Waals surface area contributed by atoms with Crippen molar-refractivity contribution in [1.29, 1.82) is 0 Å². The number of amides is 1. The van der Waals surface area contributed by atoms with Crippen molar-refractivity contribution >= 4 is 33.1 Å². The lowest BCUT2D eigenvalue weighted by Gasteiger charge is -2.08. The van der Waals surface area contributed by atoms with Gasteiger partial charge in [0.05, 0.1) is 22.5 Å². The van der Waals surface area contributed by atoms with Gasteiger partial charge in [-0.3, -0.25) is 14.3 Å². The van der Waals surface area contributed by atoms with Gasteiger partial charge in [-0.25, -0.2) is 0 Å². The number of hydrogen-bond acceptors (Lipinski definition) is 4. The Hall–Kier alpha value is -3.19. The first-order chi connectivity index (χ1) is 13.4. The van der Waals surface area contributed by atoms with E-state index in [4.69, 9.17) is 0 Å². The molecule has 1 amide bonds. The van der Waals surface area contributed by atoms with Gasteiger partial charge in [0.2, 0.25) is 0 Å². The molecule has 6 nitrogen and oxygen atoms in total. The number of rotatable bonds is 4. The highest BCUT2D eigenvalue weighted by molar-refractivity contribution is 7.16. The van der Waals surface area contributed by atoms with E-state index in [-0.39, 0.29) is 10.8 Å². The number of anilines is 1. The summed E-state index contributed by atoms with van der Waals surface area (Å²) >= 11 is 1.17. The Labute approximate surface area is 166 Å². The van der Waals surface area contributed by atoms with Crippen LogP contribution < -0.4 is 10.2 Å². The van der Waals surface area contributed by atoms with Gasteiger partial charge >= 0.3 is 4.87 Å². The fourth-order valence-corrected chi connectivity index (χ4v) is 4.10. The molecule has 7 heteroatoms. The van der Waals surface area contributed by atoms with E-state index in [0.29, 0.717) is 17.8 Å². The van der Waals surface area contributed by atoms with Gasteiger partial charge in [-0.1, -0.05) is 23.5 Å². The number of benzene rings is 2. The molecule has 1 N–H and O–H groups in total. The molecule has 0 spiro atoms. The predicted molar refractivity (Wildman–Crippen MR) is 112 cm³/mol. The van der Waals surface area contributed by atoms with Crippen molar-refractivity contribution in [2.45, 2.75) is 20.4 Å². The van der Waals surface area contributed by atoms with E-state index in [1.54, 1.807) is 11.6 Å². The van der Waals surface area contributed by atoms with E-state index in [0.717, 1.165) is 27.2 Å². The molecule has 0 radical (unpaired) electrons. The van der Waals surface area contributed by atoms with Gasteiger partial charge in [0.15, 0.2) is 0 Å². The zero-order valence-corrected chi connectivity index (χ0v) is 16.7. The topological polar surface area (TPSA) is 68.9 Å². The maximum Gasteiger partial charge on any atom is 0.307 e. The van der Waals surface area contributed by atoms with Crippen LogP contribution >= 0.6 is 11.3 Å². The minimum Gasteiger partial charge on any atom is -0.322 e. The molecule has 2 aromatic heterocycles. The maximum absolute atomic E-state index is 12.6. The molecule has 0 fully saturated rings. The monoisotopic (exact) mass is 392 g/mol. The van der Waals surface area contributed by atoms with E-state index in [1.807, 2.05) is 67.1 Å². The number of nitrogens with zero attached hydrogens (tertiary/aromatic N) is 3. The molecule has 4 aromatic rings. The first-order valence-electron chi connectivity index (χ1n) is 8.91. The van der Waals surface area contributed by atoms with Gasteiger partial charge in [0.1, 0.15) is 0 Å². The standard InChI is InChI=1S/C21H20N4O2S/c1-13-10-14(2)25(23-13)12-15-4-6-16(7-5-15)20(26)22-17-8-9-18-19(11-17)28-21(27)24(18)3/h4-11H,12H2,1-3H3,(H,22,26). The van der Waals surface area contributed by atoms with Crippen LogP contribution in [0.25, 0.3) is 10.2 Å². The summed E-state index contributed by atoms with van der Waals surface area (Å²) in [5, 5.41) is 7.37. The molecule has 0 aliphatic heterocycles. The average molecular weight is 392 g/mol. The van der Waals surface area contributed by atoms with Gasteiger partial charge in [-0.15, -0.1) is 0 Å². The fraction of sp³-hybridized carbons (Fsp3) is 0.190. The highest BCUT2D eigenvalue weighted by atomic mass is 32.1. The second kappa shape index (κ2) is 7.09. The van der Waals surface area contributed by atoms with Crippen LogP contribution in [0.15, 0.2) is 53.3 Å². The molecule has 0 saturated heterocycles. The molecule has 0 saturated carbocycles. The van der Waals surface area contributed by atoms with Gasteiger partial charge in [-0.05, 0) is 55.8 Å². The largest absolute Gasteiger partial charge is 0.322 e. The van der Waals surface area contributed by atoms with Crippen molar-refractivity contribution in [3.8, 4) is 0 Å². The minimum atomic E-state index is -0.180. The van der Waals surface area contributed by atoms with Crippen LogP contribution in [-0.4, -0.2) is 20.3 Å². The van der Waals surface area contributed by atoms with Crippen LogP contribution in [0.2, 0.25) is 0 Å². The van der Waals surface area contributed by atoms with Crippen molar-refractivity contribution < 1.29 is 4.79 Å². The molecule has 0 atom stereocenters. The third-order valence-electron chi connectivity index (χ3n) is 4.70. The summed E-state index contributed by atoms with van der Waals surface area (Å²) < 4.78 is 4.41. The Morgan fingerprint density at radius 2 is 1.86 bits per heavy atom. The summed E-state index contributed by atoms with van der Waals surface area (Å²) in [5.74, 6) is -0.180. The quantitative estimate of drug-likeness (QED) is 0.576. The predicted octanol–water partition coefficient (Wildman–Crippen LogP) is 3.71. The van der Waals surface area contributed by atoms with Crippen molar-refractivity contribution in [2.75, 3.05) is 5.32 Å². The fourth-order valence-electron chi connectivity index (χ4n) is 3.18. The molecule has 0 bridgehead atoms. The van der Waals surface area contributed by atoms with E-state index >= 15 is 0 Å². The van der Waals surface area contributed by atoms with Gasteiger partial charge < -0.3 is 9.88 Å². The van der Waals surface area contributed by atoms with E-state index in [2.05, 4.69) is 10.4 Å². The smallest absolute Gasteiger partial charge is 0.307 e. The Kier molecular flexibility index (Phi) is 4.60. The zero-order valence-electron chi connectivity index (χ0n) is 15.9. The Bertz CT molecular complexity index is 1230. The van der Waals surface area contributed by atoms with Crippen LogP contribution in [-0.2, 0) is 13.6 Å². The van der Waals surface area contributed by atoms with Gasteiger partial charge in [-0.2, -0.15) is 5.10 Å². The molecular formula is C21H20N4O2S. The van der Waals surface area contributed by atoms with Crippen molar-refractivity contribution in [2.24, 2.45) is 7.05 Å². The average Bonchev–Trinajstić information content (AvgIpc) is 3.13. The SMILES string of the molecule is Cc1cc(C)n(Cc2ccc(C(=O)Nc3ccc4c(c3)sc(=O)n4C)cc2)n1. The summed E-state index contributed by atoms with van der Waals surface area (Å²) in [7, 11) is 1.74. The number of aromatic nitrogens is 3. The third-order valence-corrected chi connectivity index (χ3v) is 5.70. The van der Waals surface area contributed by atoms with Crippen molar-refractivity contribution in [1.82, 2.24) is 14.3 Å². The van der Waals surface area contributed by atoms with Gasteiger partial charge in [0, 0.05) is 24.0 Å². The second-order valence-electron chi connectivity index (χ2n) is 6.85.